The highest BCUT2D eigenvalue weighted by atomic mass is 35.5. The maximum atomic E-state index is 6.37. The highest BCUT2D eigenvalue weighted by molar-refractivity contribution is 6.31. The summed E-state index contributed by atoms with van der Waals surface area (Å²) in [6.45, 7) is 12.0. The first-order chi connectivity index (χ1) is 8.87. The van der Waals surface area contributed by atoms with Gasteiger partial charge in [0.15, 0.2) is 0 Å². The van der Waals surface area contributed by atoms with E-state index in [0.29, 0.717) is 6.04 Å². The van der Waals surface area contributed by atoms with Crippen molar-refractivity contribution in [1.82, 2.24) is 10.2 Å². The summed E-state index contributed by atoms with van der Waals surface area (Å²) in [4.78, 5) is 2.54. The Hall–Kier alpha value is -0.570. The Morgan fingerprint density at radius 3 is 2.84 bits per heavy atom. The van der Waals surface area contributed by atoms with E-state index in [-0.39, 0.29) is 5.54 Å². The van der Waals surface area contributed by atoms with E-state index in [9.17, 15) is 0 Å². The van der Waals surface area contributed by atoms with Crippen LogP contribution in [0.1, 0.15) is 38.3 Å². The molecule has 1 unspecified atom stereocenters. The summed E-state index contributed by atoms with van der Waals surface area (Å²) in [5, 5.41) is 4.51. The van der Waals surface area contributed by atoms with E-state index in [1.54, 1.807) is 0 Å². The van der Waals surface area contributed by atoms with Gasteiger partial charge in [-0.2, -0.15) is 0 Å². The van der Waals surface area contributed by atoms with Crippen LogP contribution in [-0.4, -0.2) is 29.6 Å². The van der Waals surface area contributed by atoms with Gasteiger partial charge < -0.3 is 5.32 Å². The highest BCUT2D eigenvalue weighted by Crippen LogP contribution is 2.23. The second kappa shape index (κ2) is 5.82. The van der Waals surface area contributed by atoms with Crippen LogP contribution in [-0.2, 0) is 6.54 Å². The fourth-order valence-electron chi connectivity index (χ4n) is 2.73. The van der Waals surface area contributed by atoms with Gasteiger partial charge in [0.2, 0.25) is 0 Å². The Morgan fingerprint density at radius 1 is 1.42 bits per heavy atom. The molecule has 106 valence electrons. The Balaban J connectivity index is 2.15. The minimum Gasteiger partial charge on any atom is -0.310 e. The Kier molecular flexibility index (Phi) is 4.54. The van der Waals surface area contributed by atoms with Crippen molar-refractivity contribution in [2.24, 2.45) is 0 Å². The molecule has 0 aliphatic carbocycles. The molecule has 0 saturated carbocycles. The first-order valence-electron chi connectivity index (χ1n) is 7.11. The molecule has 1 aromatic rings. The summed E-state index contributed by atoms with van der Waals surface area (Å²) in [6.07, 6.45) is 1.19. The predicted octanol–water partition coefficient (Wildman–Crippen LogP) is 3.61. The number of hydrogen-bond acceptors (Lipinski definition) is 2. The van der Waals surface area contributed by atoms with Gasteiger partial charge in [0.25, 0.3) is 0 Å². The van der Waals surface area contributed by atoms with Crippen molar-refractivity contribution in [3.05, 3.63) is 34.3 Å². The normalized spacial score (nSPS) is 24.2. The monoisotopic (exact) mass is 280 g/mol. The molecule has 1 atom stereocenters. The summed E-state index contributed by atoms with van der Waals surface area (Å²) in [6, 6.07) is 6.96. The van der Waals surface area contributed by atoms with Gasteiger partial charge in [-0.25, -0.2) is 0 Å². The molecular weight excluding hydrogens is 256 g/mol. The fraction of sp³-hybridized carbons (Fsp3) is 0.625. The Morgan fingerprint density at radius 2 is 2.16 bits per heavy atom. The number of hydrogen-bond donors (Lipinski definition) is 1. The lowest BCUT2D eigenvalue weighted by molar-refractivity contribution is 0.173. The topological polar surface area (TPSA) is 15.3 Å². The molecular formula is C16H25ClN2. The van der Waals surface area contributed by atoms with Crippen molar-refractivity contribution >= 4 is 11.6 Å². The molecule has 1 saturated heterocycles. The van der Waals surface area contributed by atoms with E-state index < -0.39 is 0 Å². The third-order valence-electron chi connectivity index (χ3n) is 3.97. The summed E-state index contributed by atoms with van der Waals surface area (Å²) in [7, 11) is 0. The molecule has 1 aliphatic heterocycles. The summed E-state index contributed by atoms with van der Waals surface area (Å²) >= 11 is 6.37. The molecule has 1 aromatic carbocycles. The average molecular weight is 281 g/mol. The zero-order valence-corrected chi connectivity index (χ0v) is 13.2. The second-order valence-corrected chi connectivity index (χ2v) is 6.86. The first-order valence-corrected chi connectivity index (χ1v) is 7.49. The zero-order chi connectivity index (χ0) is 14.0. The van der Waals surface area contributed by atoms with Crippen LogP contribution in [0.3, 0.4) is 0 Å². The van der Waals surface area contributed by atoms with E-state index >= 15 is 0 Å². The smallest absolute Gasteiger partial charge is 0.0453 e. The second-order valence-electron chi connectivity index (χ2n) is 6.45. The maximum absolute atomic E-state index is 6.37. The standard InChI is InChI=1S/C16H25ClN2/c1-12-5-6-14(15(17)9-12)10-19-11-16(3,4)18-8-7-13(19)2/h5-6,9,13,18H,7-8,10-11H2,1-4H3. The van der Waals surface area contributed by atoms with Gasteiger partial charge in [-0.1, -0.05) is 23.7 Å². The molecule has 3 heteroatoms. The largest absolute Gasteiger partial charge is 0.310 e. The molecule has 2 nitrogen and oxygen atoms in total. The van der Waals surface area contributed by atoms with Crippen LogP contribution in [0, 0.1) is 6.92 Å². The van der Waals surface area contributed by atoms with E-state index in [2.05, 4.69) is 56.1 Å². The van der Waals surface area contributed by atoms with Gasteiger partial charge >= 0.3 is 0 Å². The van der Waals surface area contributed by atoms with Crippen molar-refractivity contribution in [3.8, 4) is 0 Å². The molecule has 1 aliphatic rings. The van der Waals surface area contributed by atoms with Crippen molar-refractivity contribution in [3.63, 3.8) is 0 Å². The Labute approximate surface area is 122 Å². The number of rotatable bonds is 2. The van der Waals surface area contributed by atoms with Gasteiger partial charge in [-0.05, 0) is 57.9 Å². The van der Waals surface area contributed by atoms with Crippen molar-refractivity contribution in [2.45, 2.75) is 52.2 Å². The molecule has 0 spiro atoms. The Bertz CT molecular complexity index is 442. The van der Waals surface area contributed by atoms with Crippen molar-refractivity contribution in [1.29, 1.82) is 0 Å². The van der Waals surface area contributed by atoms with Crippen LogP contribution in [0.4, 0.5) is 0 Å². The van der Waals surface area contributed by atoms with Crippen molar-refractivity contribution < 1.29 is 0 Å². The molecule has 0 bridgehead atoms. The van der Waals surface area contributed by atoms with E-state index in [1.807, 2.05) is 0 Å². The van der Waals surface area contributed by atoms with Crippen LogP contribution >= 0.6 is 11.6 Å². The molecule has 1 fully saturated rings. The predicted molar refractivity (Wildman–Crippen MR) is 82.8 cm³/mol. The van der Waals surface area contributed by atoms with E-state index in [1.165, 1.54) is 17.5 Å². The molecule has 0 radical (unpaired) electrons. The van der Waals surface area contributed by atoms with E-state index in [0.717, 1.165) is 24.7 Å². The molecule has 2 rings (SSSR count). The number of halogens is 1. The lowest BCUT2D eigenvalue weighted by Crippen LogP contribution is -2.47. The quantitative estimate of drug-likeness (QED) is 0.890. The van der Waals surface area contributed by atoms with Crippen LogP contribution < -0.4 is 5.32 Å². The van der Waals surface area contributed by atoms with Gasteiger partial charge in [0, 0.05) is 29.7 Å². The first kappa shape index (κ1) is 14.8. The third-order valence-corrected chi connectivity index (χ3v) is 4.32. The lowest BCUT2D eigenvalue weighted by Gasteiger charge is -2.33. The number of aryl methyl sites for hydroxylation is 1. The fourth-order valence-corrected chi connectivity index (χ4v) is 3.03. The summed E-state index contributed by atoms with van der Waals surface area (Å²) in [5.74, 6) is 0. The summed E-state index contributed by atoms with van der Waals surface area (Å²) < 4.78 is 0. The van der Waals surface area contributed by atoms with Crippen LogP contribution in [0.15, 0.2) is 18.2 Å². The zero-order valence-electron chi connectivity index (χ0n) is 12.5. The van der Waals surface area contributed by atoms with Crippen LogP contribution in [0.2, 0.25) is 5.02 Å². The average Bonchev–Trinajstić information content (AvgIpc) is 2.42. The minimum absolute atomic E-state index is 0.169. The van der Waals surface area contributed by atoms with Gasteiger partial charge in [0.05, 0.1) is 0 Å². The molecule has 0 amide bonds. The molecule has 1 heterocycles. The summed E-state index contributed by atoms with van der Waals surface area (Å²) in [5.41, 5.74) is 2.62. The van der Waals surface area contributed by atoms with E-state index in [4.69, 9.17) is 11.6 Å². The van der Waals surface area contributed by atoms with Crippen LogP contribution in [0.25, 0.3) is 0 Å². The van der Waals surface area contributed by atoms with Gasteiger partial charge in [-0.3, -0.25) is 4.90 Å². The number of nitrogens with zero attached hydrogens (tertiary/aromatic N) is 1. The minimum atomic E-state index is 0.169. The molecule has 19 heavy (non-hydrogen) atoms. The van der Waals surface area contributed by atoms with Gasteiger partial charge in [-0.15, -0.1) is 0 Å². The third kappa shape index (κ3) is 3.95. The molecule has 0 aromatic heterocycles. The van der Waals surface area contributed by atoms with Crippen LogP contribution in [0.5, 0.6) is 0 Å². The SMILES string of the molecule is Cc1ccc(CN2CC(C)(C)NCCC2C)c(Cl)c1. The maximum Gasteiger partial charge on any atom is 0.0453 e. The van der Waals surface area contributed by atoms with Crippen molar-refractivity contribution in [2.75, 3.05) is 13.1 Å². The number of nitrogens with one attached hydrogen (secondary N) is 1. The van der Waals surface area contributed by atoms with Gasteiger partial charge in [0.1, 0.15) is 0 Å². The lowest BCUT2D eigenvalue weighted by atomic mass is 10.0. The molecule has 1 N–H and O–H groups in total. The number of benzene rings is 1. The highest BCUT2D eigenvalue weighted by Gasteiger charge is 2.28.